The van der Waals surface area contributed by atoms with Gasteiger partial charge in [0.15, 0.2) is 5.78 Å². The molecule has 3 nitrogen and oxygen atoms in total. The summed E-state index contributed by atoms with van der Waals surface area (Å²) in [6.45, 7) is 0. The van der Waals surface area contributed by atoms with Crippen LogP contribution in [-0.2, 0) is 17.6 Å². The number of rotatable bonds is 2. The summed E-state index contributed by atoms with van der Waals surface area (Å²) < 4.78 is 0. The van der Waals surface area contributed by atoms with Gasteiger partial charge in [0.25, 0.3) is 0 Å². The number of aromatic hydroxyl groups is 1. The van der Waals surface area contributed by atoms with Crippen LogP contribution in [0, 0.1) is 0 Å². The number of anilines is 1. The van der Waals surface area contributed by atoms with Gasteiger partial charge in [0.05, 0.1) is 11.7 Å². The van der Waals surface area contributed by atoms with Gasteiger partial charge in [-0.25, -0.2) is 0 Å². The first kappa shape index (κ1) is 15.0. The summed E-state index contributed by atoms with van der Waals surface area (Å²) in [5, 5.41) is 10.3. The molecule has 3 heteroatoms. The smallest absolute Gasteiger partial charge is 0.159 e. The van der Waals surface area contributed by atoms with Crippen molar-refractivity contribution in [1.29, 1.82) is 0 Å². The highest BCUT2D eigenvalue weighted by Crippen LogP contribution is 2.40. The monoisotopic (exact) mass is 319 g/mol. The fraction of sp³-hybridized carbons (Fsp3) is 0.286. The molecule has 2 aromatic carbocycles. The summed E-state index contributed by atoms with van der Waals surface area (Å²) in [6, 6.07) is 13.7. The van der Waals surface area contributed by atoms with Gasteiger partial charge in [-0.15, -0.1) is 0 Å². The molecule has 0 unspecified atom stereocenters. The molecule has 1 aliphatic heterocycles. The van der Waals surface area contributed by atoms with Gasteiger partial charge < -0.3 is 10.0 Å². The summed E-state index contributed by atoms with van der Waals surface area (Å²) in [7, 11) is 0. The van der Waals surface area contributed by atoms with Crippen LogP contribution < -0.4 is 4.90 Å². The minimum absolute atomic E-state index is 0.0520. The largest absolute Gasteiger partial charge is 0.506 e. The second-order valence-electron chi connectivity index (χ2n) is 6.59. The fourth-order valence-corrected chi connectivity index (χ4v) is 3.94. The molecular formula is C21H21NO2. The number of aryl methyl sites for hydroxylation is 1. The standard InChI is InChI=1S/C21H21NO2/c23-16-12-13-22(19-10-3-4-11-21(19)24)20(14-16)18-9-5-7-15-6-1-2-8-17(15)18/h3-5,7,9-13,20,24H,1-2,6,8,14H2/t20-/m1/s1. The number of benzene rings is 2. The Labute approximate surface area is 142 Å². The third-order valence-electron chi connectivity index (χ3n) is 5.10. The van der Waals surface area contributed by atoms with Crippen molar-refractivity contribution in [3.05, 3.63) is 71.4 Å². The van der Waals surface area contributed by atoms with E-state index in [1.165, 1.54) is 29.5 Å². The molecule has 122 valence electrons. The van der Waals surface area contributed by atoms with E-state index in [-0.39, 0.29) is 17.6 Å². The van der Waals surface area contributed by atoms with Gasteiger partial charge >= 0.3 is 0 Å². The van der Waals surface area contributed by atoms with E-state index in [1.54, 1.807) is 12.1 Å². The number of phenols is 1. The lowest BCUT2D eigenvalue weighted by Gasteiger charge is -2.35. The Morgan fingerprint density at radius 2 is 1.83 bits per heavy atom. The molecule has 1 heterocycles. The Balaban J connectivity index is 1.82. The van der Waals surface area contributed by atoms with E-state index in [1.807, 2.05) is 29.3 Å². The minimum Gasteiger partial charge on any atom is -0.506 e. The second kappa shape index (κ2) is 6.16. The highest BCUT2D eigenvalue weighted by molar-refractivity contribution is 5.92. The Bertz CT molecular complexity index is 809. The van der Waals surface area contributed by atoms with Crippen molar-refractivity contribution in [2.45, 2.75) is 38.1 Å². The first-order valence-corrected chi connectivity index (χ1v) is 8.62. The second-order valence-corrected chi connectivity index (χ2v) is 6.59. The van der Waals surface area contributed by atoms with Crippen LogP contribution >= 0.6 is 0 Å². The molecule has 24 heavy (non-hydrogen) atoms. The third kappa shape index (κ3) is 2.60. The van der Waals surface area contributed by atoms with Crippen molar-refractivity contribution in [3.63, 3.8) is 0 Å². The molecule has 0 aromatic heterocycles. The van der Waals surface area contributed by atoms with Crippen LogP contribution in [0.2, 0.25) is 0 Å². The van der Waals surface area contributed by atoms with Crippen molar-refractivity contribution in [1.82, 2.24) is 0 Å². The first-order chi connectivity index (χ1) is 11.7. The average Bonchev–Trinajstić information content (AvgIpc) is 2.62. The van der Waals surface area contributed by atoms with Crippen molar-refractivity contribution >= 4 is 11.5 Å². The zero-order chi connectivity index (χ0) is 16.5. The van der Waals surface area contributed by atoms with Crippen molar-refractivity contribution in [2.75, 3.05) is 4.90 Å². The van der Waals surface area contributed by atoms with Gasteiger partial charge in [-0.2, -0.15) is 0 Å². The quantitative estimate of drug-likeness (QED) is 0.897. The van der Waals surface area contributed by atoms with E-state index >= 15 is 0 Å². The maximum absolute atomic E-state index is 12.1. The number of carbonyl (C=O) groups excluding carboxylic acids is 1. The van der Waals surface area contributed by atoms with Gasteiger partial charge in [-0.1, -0.05) is 30.3 Å². The number of hydrogen-bond donors (Lipinski definition) is 1. The number of allylic oxidation sites excluding steroid dienone is 1. The Morgan fingerprint density at radius 1 is 1.00 bits per heavy atom. The molecule has 0 saturated carbocycles. The summed E-state index contributed by atoms with van der Waals surface area (Å²) in [5.74, 6) is 0.381. The lowest BCUT2D eigenvalue weighted by atomic mass is 9.83. The summed E-state index contributed by atoms with van der Waals surface area (Å²) in [6.07, 6.45) is 8.51. The molecule has 4 rings (SSSR count). The number of phenolic OH excluding ortho intramolecular Hbond substituents is 1. The Kier molecular flexibility index (Phi) is 3.85. The molecule has 1 aliphatic carbocycles. The van der Waals surface area contributed by atoms with Crippen LogP contribution in [0.15, 0.2) is 54.7 Å². The molecule has 0 spiro atoms. The zero-order valence-electron chi connectivity index (χ0n) is 13.6. The van der Waals surface area contributed by atoms with E-state index in [9.17, 15) is 9.90 Å². The summed E-state index contributed by atoms with van der Waals surface area (Å²) >= 11 is 0. The molecule has 1 atom stereocenters. The van der Waals surface area contributed by atoms with Gasteiger partial charge in [0, 0.05) is 12.6 Å². The fourth-order valence-electron chi connectivity index (χ4n) is 3.94. The number of nitrogens with zero attached hydrogens (tertiary/aromatic N) is 1. The number of hydrogen-bond acceptors (Lipinski definition) is 3. The lowest BCUT2D eigenvalue weighted by Crippen LogP contribution is -2.30. The van der Waals surface area contributed by atoms with Gasteiger partial charge in [0.2, 0.25) is 0 Å². The SMILES string of the molecule is O=C1C=CN(c2ccccc2O)[C@@H](c2cccc3c2CCCC3)C1. The Hall–Kier alpha value is -2.55. The predicted molar refractivity (Wildman–Crippen MR) is 95.2 cm³/mol. The van der Waals surface area contributed by atoms with Gasteiger partial charge in [0.1, 0.15) is 5.75 Å². The van der Waals surface area contributed by atoms with Crippen LogP contribution in [0.25, 0.3) is 0 Å². The Morgan fingerprint density at radius 3 is 2.71 bits per heavy atom. The van der Waals surface area contributed by atoms with Crippen LogP contribution in [0.5, 0.6) is 5.75 Å². The topological polar surface area (TPSA) is 40.5 Å². The van der Waals surface area contributed by atoms with E-state index in [4.69, 9.17) is 0 Å². The average molecular weight is 319 g/mol. The first-order valence-electron chi connectivity index (χ1n) is 8.62. The van der Waals surface area contributed by atoms with E-state index in [0.29, 0.717) is 6.42 Å². The molecule has 0 radical (unpaired) electrons. The van der Waals surface area contributed by atoms with E-state index in [0.717, 1.165) is 18.5 Å². The molecule has 0 amide bonds. The number of para-hydroxylation sites is 2. The summed E-state index contributed by atoms with van der Waals surface area (Å²) in [5.41, 5.74) is 4.79. The molecule has 0 fully saturated rings. The number of carbonyl (C=O) groups is 1. The maximum atomic E-state index is 12.1. The van der Waals surface area contributed by atoms with Gasteiger partial charge in [-0.3, -0.25) is 4.79 Å². The summed E-state index contributed by atoms with van der Waals surface area (Å²) in [4.78, 5) is 14.1. The van der Waals surface area contributed by atoms with Crippen molar-refractivity contribution in [3.8, 4) is 5.75 Å². The lowest BCUT2D eigenvalue weighted by molar-refractivity contribution is -0.115. The van der Waals surface area contributed by atoms with E-state index in [2.05, 4.69) is 18.2 Å². The van der Waals surface area contributed by atoms with Crippen LogP contribution in [0.3, 0.4) is 0 Å². The third-order valence-corrected chi connectivity index (χ3v) is 5.10. The highest BCUT2D eigenvalue weighted by Gasteiger charge is 2.29. The molecule has 0 bridgehead atoms. The number of fused-ring (bicyclic) bond motifs is 1. The van der Waals surface area contributed by atoms with Crippen molar-refractivity contribution in [2.24, 2.45) is 0 Å². The number of ketones is 1. The molecular weight excluding hydrogens is 298 g/mol. The molecule has 2 aliphatic rings. The van der Waals surface area contributed by atoms with Crippen LogP contribution in [0.4, 0.5) is 5.69 Å². The van der Waals surface area contributed by atoms with Crippen molar-refractivity contribution < 1.29 is 9.90 Å². The van der Waals surface area contributed by atoms with E-state index < -0.39 is 0 Å². The van der Waals surface area contributed by atoms with Crippen LogP contribution in [0.1, 0.15) is 42.0 Å². The highest BCUT2D eigenvalue weighted by atomic mass is 16.3. The molecule has 2 aromatic rings. The molecule has 0 saturated heterocycles. The minimum atomic E-state index is -0.0520. The van der Waals surface area contributed by atoms with Gasteiger partial charge in [-0.05, 0) is 60.6 Å². The van der Waals surface area contributed by atoms with Crippen LogP contribution in [-0.4, -0.2) is 10.9 Å². The predicted octanol–water partition coefficient (Wildman–Crippen LogP) is 4.31. The normalized spacial score (nSPS) is 20.1. The maximum Gasteiger partial charge on any atom is 0.159 e. The zero-order valence-corrected chi connectivity index (χ0v) is 13.6. The molecule has 1 N–H and O–H groups in total.